The molecule has 1 aliphatic heterocycles. The van der Waals surface area contributed by atoms with Gasteiger partial charge in [-0.3, -0.25) is 0 Å². The third-order valence-electron chi connectivity index (χ3n) is 14.4. The number of benzene rings is 13. The smallest absolute Gasteiger partial charge is 0.152 e. The molecule has 0 radical (unpaired) electrons. The molecule has 0 fully saturated rings. The molecule has 2 heterocycles. The first kappa shape index (κ1) is 36.4. The molecule has 14 aromatic rings. The fourth-order valence-corrected chi connectivity index (χ4v) is 11.4. The monoisotopic (exact) mass is 850 g/mol. The van der Waals surface area contributed by atoms with Gasteiger partial charge in [0.05, 0.1) is 22.4 Å². The van der Waals surface area contributed by atoms with Gasteiger partial charge in [0, 0.05) is 27.5 Å². The zero-order valence-corrected chi connectivity index (χ0v) is 36.2. The van der Waals surface area contributed by atoms with E-state index in [9.17, 15) is 0 Å². The van der Waals surface area contributed by atoms with E-state index in [1.165, 1.54) is 91.8 Å². The molecule has 0 unspecified atom stereocenters. The van der Waals surface area contributed by atoms with Gasteiger partial charge in [-0.15, -0.1) is 0 Å². The third kappa shape index (κ3) is 5.34. The van der Waals surface area contributed by atoms with Crippen LogP contribution in [0, 0.1) is 0 Å². The highest BCUT2D eigenvalue weighted by Gasteiger charge is 2.28. The lowest BCUT2D eigenvalue weighted by Crippen LogP contribution is -2.16. The van der Waals surface area contributed by atoms with E-state index in [2.05, 4.69) is 240 Å². The Kier molecular flexibility index (Phi) is 7.50. The summed E-state index contributed by atoms with van der Waals surface area (Å²) in [5.41, 5.74) is 8.88. The van der Waals surface area contributed by atoms with Gasteiger partial charge in [-0.05, 0) is 142 Å². The first-order valence-electron chi connectivity index (χ1n) is 23.1. The number of aromatic nitrogens is 1. The second-order valence-corrected chi connectivity index (χ2v) is 18.1. The van der Waals surface area contributed by atoms with Crippen molar-refractivity contribution in [1.29, 1.82) is 0 Å². The highest BCUT2D eigenvalue weighted by atomic mass is 16.5. The maximum absolute atomic E-state index is 6.96. The second kappa shape index (κ2) is 13.8. The summed E-state index contributed by atoms with van der Waals surface area (Å²) in [5.74, 6) is 1.66. The van der Waals surface area contributed by atoms with Crippen LogP contribution in [-0.2, 0) is 0 Å². The van der Waals surface area contributed by atoms with Gasteiger partial charge in [0.1, 0.15) is 0 Å². The van der Waals surface area contributed by atoms with Gasteiger partial charge in [-0.2, -0.15) is 0 Å². The van der Waals surface area contributed by atoms with Crippen LogP contribution < -0.4 is 9.64 Å². The van der Waals surface area contributed by atoms with E-state index in [0.29, 0.717) is 0 Å². The minimum absolute atomic E-state index is 0.823. The van der Waals surface area contributed by atoms with Crippen molar-refractivity contribution in [3.63, 3.8) is 0 Å². The third-order valence-corrected chi connectivity index (χ3v) is 14.4. The predicted octanol–water partition coefficient (Wildman–Crippen LogP) is 18.1. The van der Waals surface area contributed by atoms with Crippen LogP contribution in [0.2, 0.25) is 0 Å². The number of fused-ring (bicyclic) bond motifs is 17. The van der Waals surface area contributed by atoms with Crippen molar-refractivity contribution in [2.24, 2.45) is 0 Å². The van der Waals surface area contributed by atoms with Gasteiger partial charge < -0.3 is 14.2 Å². The first-order chi connectivity index (χ1) is 33.2. The summed E-state index contributed by atoms with van der Waals surface area (Å²) in [6.07, 6.45) is 0. The van der Waals surface area contributed by atoms with Crippen LogP contribution in [0.5, 0.6) is 11.5 Å². The summed E-state index contributed by atoms with van der Waals surface area (Å²) >= 11 is 0. The lowest BCUT2D eigenvalue weighted by atomic mass is 9.94. The van der Waals surface area contributed by atoms with Crippen LogP contribution in [0.1, 0.15) is 0 Å². The van der Waals surface area contributed by atoms with E-state index in [4.69, 9.17) is 4.74 Å². The number of hydrogen-bond acceptors (Lipinski definition) is 2. The van der Waals surface area contributed by atoms with Gasteiger partial charge in [0.2, 0.25) is 0 Å². The Morgan fingerprint density at radius 3 is 1.57 bits per heavy atom. The molecule has 0 atom stereocenters. The molecule has 0 bridgehead atoms. The Hall–Kier alpha value is -8.92. The zero-order valence-electron chi connectivity index (χ0n) is 36.2. The molecule has 3 heteroatoms. The van der Waals surface area contributed by atoms with Gasteiger partial charge in [-0.25, -0.2) is 0 Å². The highest BCUT2D eigenvalue weighted by molar-refractivity contribution is 6.26. The lowest BCUT2D eigenvalue weighted by molar-refractivity contribution is 0.478. The number of anilines is 3. The van der Waals surface area contributed by atoms with Gasteiger partial charge >= 0.3 is 0 Å². The van der Waals surface area contributed by atoms with Crippen LogP contribution in [0.15, 0.2) is 231 Å². The van der Waals surface area contributed by atoms with Crippen LogP contribution in [0.25, 0.3) is 114 Å². The summed E-state index contributed by atoms with van der Waals surface area (Å²) in [4.78, 5) is 2.37. The van der Waals surface area contributed by atoms with Gasteiger partial charge in [0.25, 0.3) is 0 Å². The molecular weight excluding hydrogens is 813 g/mol. The Morgan fingerprint density at radius 1 is 0.269 bits per heavy atom. The molecule has 0 saturated heterocycles. The standard InChI is InChI=1S/C64H38N2O/c1-2-14-42-36-63-61(35-41(42)13-1)65(46-26-29-49-45(33-46)22-21-39-11-3-5-15-48(39)49)60-32-25-44(37-62(60)67-63)43-24-31-59-58(34-43)56-28-23-40-12-4-6-16-50(40)64(56)66(59)47-27-30-55-53-19-8-7-17-51(53)52-18-9-10-20-54(52)57(55)38-47/h1-38H. The molecule has 1 aliphatic rings. The first-order valence-corrected chi connectivity index (χ1v) is 23.1. The average Bonchev–Trinajstić information content (AvgIpc) is 3.73. The minimum atomic E-state index is 0.823. The van der Waals surface area contributed by atoms with E-state index in [0.717, 1.165) is 50.8 Å². The van der Waals surface area contributed by atoms with Crippen molar-refractivity contribution >= 4 is 114 Å². The fraction of sp³-hybridized carbons (Fsp3) is 0. The molecule has 0 spiro atoms. The number of ether oxygens (including phenoxy) is 1. The maximum atomic E-state index is 6.96. The van der Waals surface area contributed by atoms with Crippen molar-refractivity contribution in [3.8, 4) is 28.3 Å². The highest BCUT2D eigenvalue weighted by Crippen LogP contribution is 2.53. The summed E-state index contributed by atoms with van der Waals surface area (Å²) in [7, 11) is 0. The van der Waals surface area contributed by atoms with E-state index in [1.807, 2.05) is 0 Å². The van der Waals surface area contributed by atoms with E-state index < -0.39 is 0 Å². The molecule has 0 N–H and O–H groups in total. The van der Waals surface area contributed by atoms with Crippen LogP contribution in [0.3, 0.4) is 0 Å². The molecule has 0 amide bonds. The Balaban J connectivity index is 0.916. The fourth-order valence-electron chi connectivity index (χ4n) is 11.4. The van der Waals surface area contributed by atoms with E-state index in [1.54, 1.807) is 0 Å². The van der Waals surface area contributed by atoms with Crippen LogP contribution in [0.4, 0.5) is 17.1 Å². The van der Waals surface area contributed by atoms with Crippen LogP contribution >= 0.6 is 0 Å². The van der Waals surface area contributed by atoms with Crippen molar-refractivity contribution < 1.29 is 4.74 Å². The van der Waals surface area contributed by atoms with Gasteiger partial charge in [0.15, 0.2) is 11.5 Å². The summed E-state index contributed by atoms with van der Waals surface area (Å²) in [5, 5.41) is 19.8. The Bertz CT molecular complexity index is 4410. The van der Waals surface area contributed by atoms with E-state index in [-0.39, 0.29) is 0 Å². The van der Waals surface area contributed by atoms with Crippen molar-refractivity contribution in [3.05, 3.63) is 231 Å². The second-order valence-electron chi connectivity index (χ2n) is 18.1. The van der Waals surface area contributed by atoms with Crippen molar-refractivity contribution in [1.82, 2.24) is 4.57 Å². The zero-order chi connectivity index (χ0) is 43.7. The molecule has 310 valence electrons. The quantitative estimate of drug-likeness (QED) is 0.165. The molecule has 0 saturated carbocycles. The summed E-state index contributed by atoms with van der Waals surface area (Å²) in [6, 6.07) is 84.7. The average molecular weight is 851 g/mol. The number of rotatable bonds is 3. The maximum Gasteiger partial charge on any atom is 0.152 e. The van der Waals surface area contributed by atoms with Gasteiger partial charge in [-0.1, -0.05) is 170 Å². The molecule has 1 aromatic heterocycles. The largest absolute Gasteiger partial charge is 0.453 e. The van der Waals surface area contributed by atoms with Crippen molar-refractivity contribution in [2.45, 2.75) is 0 Å². The predicted molar refractivity (Wildman–Crippen MR) is 284 cm³/mol. The molecule has 13 aromatic carbocycles. The number of nitrogens with zero attached hydrogens (tertiary/aromatic N) is 2. The lowest BCUT2D eigenvalue weighted by Gasteiger charge is -2.33. The molecule has 15 rings (SSSR count). The summed E-state index contributed by atoms with van der Waals surface area (Å²) < 4.78 is 9.45. The minimum Gasteiger partial charge on any atom is -0.453 e. The molecule has 0 aliphatic carbocycles. The normalized spacial score (nSPS) is 12.6. The van der Waals surface area contributed by atoms with Crippen molar-refractivity contribution in [2.75, 3.05) is 4.90 Å². The summed E-state index contributed by atoms with van der Waals surface area (Å²) in [6.45, 7) is 0. The number of hydrogen-bond donors (Lipinski definition) is 0. The molecular formula is C64H38N2O. The molecule has 3 nitrogen and oxygen atoms in total. The molecule has 67 heavy (non-hydrogen) atoms. The van der Waals surface area contributed by atoms with E-state index >= 15 is 0 Å². The Labute approximate surface area is 385 Å². The Morgan fingerprint density at radius 2 is 0.791 bits per heavy atom. The topological polar surface area (TPSA) is 17.4 Å². The SMILES string of the molecule is c1ccc2cc3c(cc2c1)Oc1cc(-c2ccc4c(c2)c2ccc5ccccc5c2n4-c2ccc4c5ccccc5c5ccccc5c4c2)ccc1N3c1ccc2c(ccc3ccccc32)c1. The van der Waals surface area contributed by atoms with Crippen LogP contribution in [-0.4, -0.2) is 4.57 Å².